The lowest BCUT2D eigenvalue weighted by Gasteiger charge is -2.20. The molecule has 0 aromatic heterocycles. The van der Waals surface area contributed by atoms with E-state index in [1.807, 2.05) is 0 Å². The normalized spacial score (nSPS) is 14.9. The number of carboxylic acid groups (broad SMARTS) is 1. The van der Waals surface area contributed by atoms with Crippen LogP contribution in [0.2, 0.25) is 0 Å². The van der Waals surface area contributed by atoms with Gasteiger partial charge in [-0.05, 0) is 18.4 Å². The van der Waals surface area contributed by atoms with Crippen molar-refractivity contribution in [2.75, 3.05) is 6.16 Å². The third-order valence-corrected chi connectivity index (χ3v) is 3.43. The number of rotatable bonds is 9. The van der Waals surface area contributed by atoms with E-state index >= 15 is 0 Å². The van der Waals surface area contributed by atoms with E-state index in [-0.39, 0.29) is 12.6 Å². The molecular formula is C12H21N3O7P+. The lowest BCUT2D eigenvalue weighted by atomic mass is 10.2. The molecule has 3 amide bonds. The molecule has 0 aliphatic heterocycles. The molecule has 0 rings (SSSR count). The minimum Gasteiger partial charge on any atom is -0.480 e. The largest absolute Gasteiger partial charge is 0.505 e. The predicted octanol–water partition coefficient (Wildman–Crippen LogP) is -1.29. The van der Waals surface area contributed by atoms with Crippen LogP contribution >= 0.6 is 8.03 Å². The van der Waals surface area contributed by atoms with Crippen molar-refractivity contribution in [3.8, 4) is 0 Å². The average Bonchev–Trinajstić information content (AvgIpc) is 2.42. The summed E-state index contributed by atoms with van der Waals surface area (Å²) in [5, 5.41) is 15.5. The quantitative estimate of drug-likeness (QED) is 0.323. The third kappa shape index (κ3) is 8.84. The van der Waals surface area contributed by atoms with Gasteiger partial charge in [-0.25, -0.2) is 0 Å². The number of hydrogen-bond donors (Lipinski definition) is 5. The van der Waals surface area contributed by atoms with Gasteiger partial charge >= 0.3 is 14.0 Å². The zero-order valence-corrected chi connectivity index (χ0v) is 13.9. The number of aliphatic carboxylic acids is 1. The molecule has 1 unspecified atom stereocenters. The summed E-state index contributed by atoms with van der Waals surface area (Å²) in [6.45, 7) is 3.80. The summed E-state index contributed by atoms with van der Waals surface area (Å²) in [6, 6.07) is -3.22. The Balaban J connectivity index is 4.69. The van der Waals surface area contributed by atoms with E-state index in [4.69, 9.17) is 10.00 Å². The van der Waals surface area contributed by atoms with Crippen molar-refractivity contribution in [1.82, 2.24) is 16.0 Å². The Labute approximate surface area is 133 Å². The SMILES string of the molecule is CC(=O)N[C@@H](CC[P+](=O)O)C(=O)N[C@@H](C)C(=O)N[C@@H](C)C(=O)O. The second kappa shape index (κ2) is 9.86. The molecule has 5 N–H and O–H groups in total. The molecule has 23 heavy (non-hydrogen) atoms. The molecule has 11 heteroatoms. The molecule has 0 bridgehead atoms. The van der Waals surface area contributed by atoms with Gasteiger partial charge in [-0.1, -0.05) is 0 Å². The first-order valence-corrected chi connectivity index (χ1v) is 8.18. The maximum atomic E-state index is 12.0. The maximum Gasteiger partial charge on any atom is 0.505 e. The minimum atomic E-state index is -2.46. The second-order valence-electron chi connectivity index (χ2n) is 4.92. The zero-order chi connectivity index (χ0) is 18.2. The molecule has 10 nitrogen and oxygen atoms in total. The first kappa shape index (κ1) is 20.9. The van der Waals surface area contributed by atoms with Crippen LogP contribution in [0.5, 0.6) is 0 Å². The summed E-state index contributed by atoms with van der Waals surface area (Å²) in [5.74, 6) is -3.14. The van der Waals surface area contributed by atoms with Crippen LogP contribution in [0, 0.1) is 0 Å². The molecule has 0 saturated carbocycles. The Hall–Kier alpha value is -2.06. The lowest BCUT2D eigenvalue weighted by Crippen LogP contribution is -2.54. The summed E-state index contributed by atoms with van der Waals surface area (Å²) in [7, 11) is -2.46. The van der Waals surface area contributed by atoms with Crippen LogP contribution in [0.3, 0.4) is 0 Å². The van der Waals surface area contributed by atoms with Gasteiger partial charge in [0.05, 0.1) is 0 Å². The molecule has 0 spiro atoms. The summed E-state index contributed by atoms with van der Waals surface area (Å²) >= 11 is 0. The number of carboxylic acids is 1. The molecule has 130 valence electrons. The van der Waals surface area contributed by atoms with Gasteiger partial charge in [0.2, 0.25) is 17.7 Å². The van der Waals surface area contributed by atoms with E-state index in [1.54, 1.807) is 0 Å². The molecule has 4 atom stereocenters. The fourth-order valence-electron chi connectivity index (χ4n) is 1.53. The Bertz CT molecular complexity index is 497. The third-order valence-electron chi connectivity index (χ3n) is 2.78. The van der Waals surface area contributed by atoms with Crippen molar-refractivity contribution < 1.29 is 33.7 Å². The Morgan fingerprint density at radius 3 is 1.96 bits per heavy atom. The monoisotopic (exact) mass is 350 g/mol. The van der Waals surface area contributed by atoms with Crippen LogP contribution in [-0.2, 0) is 23.7 Å². The highest BCUT2D eigenvalue weighted by Gasteiger charge is 2.27. The second-order valence-corrected chi connectivity index (χ2v) is 6.07. The molecule has 0 aromatic carbocycles. The summed E-state index contributed by atoms with van der Waals surface area (Å²) in [6.07, 6.45) is -0.263. The van der Waals surface area contributed by atoms with Crippen LogP contribution in [0.1, 0.15) is 27.2 Å². The lowest BCUT2D eigenvalue weighted by molar-refractivity contribution is -0.141. The number of nitrogens with one attached hydrogen (secondary N) is 3. The van der Waals surface area contributed by atoms with Crippen LogP contribution in [-0.4, -0.2) is 58.0 Å². The van der Waals surface area contributed by atoms with Crippen molar-refractivity contribution in [3.63, 3.8) is 0 Å². The summed E-state index contributed by atoms with van der Waals surface area (Å²) in [5.41, 5.74) is 0. The molecule has 0 saturated heterocycles. The molecule has 0 aromatic rings. The van der Waals surface area contributed by atoms with Gasteiger partial charge in [-0.3, -0.25) is 19.2 Å². The Morgan fingerprint density at radius 2 is 1.52 bits per heavy atom. The van der Waals surface area contributed by atoms with E-state index in [9.17, 15) is 23.7 Å². The fraction of sp³-hybridized carbons (Fsp3) is 0.667. The molecule has 0 fully saturated rings. The maximum absolute atomic E-state index is 12.0. The van der Waals surface area contributed by atoms with Gasteiger partial charge < -0.3 is 21.1 Å². The molecule has 0 aliphatic rings. The van der Waals surface area contributed by atoms with Crippen molar-refractivity contribution >= 4 is 31.7 Å². The van der Waals surface area contributed by atoms with Crippen LogP contribution in [0.15, 0.2) is 0 Å². The highest BCUT2D eigenvalue weighted by Crippen LogP contribution is 2.15. The van der Waals surface area contributed by atoms with Crippen LogP contribution in [0.25, 0.3) is 0 Å². The van der Waals surface area contributed by atoms with Gasteiger partial charge in [-0.15, -0.1) is 0 Å². The zero-order valence-electron chi connectivity index (χ0n) is 13.0. The van der Waals surface area contributed by atoms with Gasteiger partial charge in [0, 0.05) is 13.3 Å². The molecule has 0 radical (unpaired) electrons. The van der Waals surface area contributed by atoms with E-state index in [2.05, 4.69) is 16.0 Å². The standard InChI is InChI=1S/C12H20N3O7P/c1-6(10(17)14-7(2)12(19)20)13-11(18)9(15-8(3)16)4-5-23(21)22/h6-7,9H,4-5H2,1-3H3,(H4-,13,14,15,16,17,18,19,20,21,22)/p+1/t6-,7-,9-/m0/s1. The van der Waals surface area contributed by atoms with Crippen molar-refractivity contribution in [3.05, 3.63) is 0 Å². The van der Waals surface area contributed by atoms with E-state index in [0.717, 1.165) is 0 Å². The van der Waals surface area contributed by atoms with E-state index in [0.29, 0.717) is 0 Å². The van der Waals surface area contributed by atoms with E-state index < -0.39 is 49.8 Å². The first-order valence-electron chi connectivity index (χ1n) is 6.78. The van der Waals surface area contributed by atoms with Crippen LogP contribution < -0.4 is 16.0 Å². The van der Waals surface area contributed by atoms with Gasteiger partial charge in [-0.2, -0.15) is 4.89 Å². The minimum absolute atomic E-state index is 0.0724. The number of amides is 3. The summed E-state index contributed by atoms with van der Waals surface area (Å²) < 4.78 is 10.7. The fourth-order valence-corrected chi connectivity index (χ4v) is 2.01. The first-order chi connectivity index (χ1) is 10.5. The van der Waals surface area contributed by atoms with Crippen LogP contribution in [0.4, 0.5) is 0 Å². The Morgan fingerprint density at radius 1 is 1.00 bits per heavy atom. The average molecular weight is 350 g/mol. The number of carbonyl (C=O) groups is 4. The molecular weight excluding hydrogens is 329 g/mol. The van der Waals surface area contributed by atoms with Crippen molar-refractivity contribution in [2.24, 2.45) is 0 Å². The van der Waals surface area contributed by atoms with Gasteiger partial charge in [0.15, 0.2) is 6.16 Å². The topological polar surface area (TPSA) is 162 Å². The Kier molecular flexibility index (Phi) is 8.97. The van der Waals surface area contributed by atoms with E-state index in [1.165, 1.54) is 20.8 Å². The van der Waals surface area contributed by atoms with Gasteiger partial charge in [0.25, 0.3) is 0 Å². The highest BCUT2D eigenvalue weighted by molar-refractivity contribution is 7.37. The van der Waals surface area contributed by atoms with Crippen molar-refractivity contribution in [1.29, 1.82) is 0 Å². The molecule has 0 heterocycles. The number of hydrogen-bond acceptors (Lipinski definition) is 5. The number of carbonyl (C=O) groups excluding carboxylic acids is 3. The highest BCUT2D eigenvalue weighted by atomic mass is 31.1. The smallest absolute Gasteiger partial charge is 0.480 e. The summed E-state index contributed by atoms with van der Waals surface area (Å²) in [4.78, 5) is 54.3. The molecule has 0 aliphatic carbocycles. The van der Waals surface area contributed by atoms with Crippen molar-refractivity contribution in [2.45, 2.75) is 45.3 Å². The van der Waals surface area contributed by atoms with Gasteiger partial charge in [0.1, 0.15) is 18.1 Å². The predicted molar refractivity (Wildman–Crippen MR) is 79.8 cm³/mol.